The molecule has 1 heterocycles. The number of aromatic nitrogens is 3. The normalized spacial score (nSPS) is 11.8. The molecule has 96 valence electrons. The highest BCUT2D eigenvalue weighted by Crippen LogP contribution is 2.29. The molecule has 0 saturated carbocycles. The van der Waals surface area contributed by atoms with E-state index in [0.717, 1.165) is 16.4 Å². The summed E-state index contributed by atoms with van der Waals surface area (Å²) in [6, 6.07) is 6.40. The van der Waals surface area contributed by atoms with Crippen molar-refractivity contribution in [2.75, 3.05) is 6.26 Å². The first-order chi connectivity index (χ1) is 8.41. The monoisotopic (exact) mass is 293 g/mol. The van der Waals surface area contributed by atoms with E-state index >= 15 is 0 Å². The molecule has 0 fully saturated rings. The molecule has 2 aromatic rings. The van der Waals surface area contributed by atoms with Crippen molar-refractivity contribution in [1.82, 2.24) is 14.8 Å². The smallest absolute Gasteiger partial charge is 0.207 e. The zero-order chi connectivity index (χ0) is 13.3. The third kappa shape index (κ3) is 2.62. The number of benzene rings is 1. The van der Waals surface area contributed by atoms with E-state index in [2.05, 4.69) is 10.1 Å². The summed E-state index contributed by atoms with van der Waals surface area (Å²) >= 11 is 6.88. The van der Waals surface area contributed by atoms with Gasteiger partial charge in [0.25, 0.3) is 5.82 Å². The van der Waals surface area contributed by atoms with E-state index in [-0.39, 0.29) is 5.16 Å². The average Bonchev–Trinajstić information content (AvgIpc) is 2.72. The molecule has 0 radical (unpaired) electrons. The lowest BCUT2D eigenvalue weighted by molar-refractivity contribution is -0.145. The maximum Gasteiger partial charge on any atom is 0.453 e. The SMILES string of the molecule is CSc1nc(C(F)(F)F)nn1-c1cccc(Cl)c1. The van der Waals surface area contributed by atoms with Gasteiger partial charge in [0.15, 0.2) is 5.16 Å². The molecular formula is C10H7ClF3N3S. The average molecular weight is 294 g/mol. The zero-order valence-corrected chi connectivity index (χ0v) is 10.6. The number of hydrogen-bond donors (Lipinski definition) is 0. The molecule has 1 aromatic carbocycles. The fourth-order valence-electron chi connectivity index (χ4n) is 1.33. The highest BCUT2D eigenvalue weighted by atomic mass is 35.5. The lowest BCUT2D eigenvalue weighted by Gasteiger charge is -2.03. The van der Waals surface area contributed by atoms with Crippen LogP contribution >= 0.6 is 23.4 Å². The summed E-state index contributed by atoms with van der Waals surface area (Å²) in [7, 11) is 0. The van der Waals surface area contributed by atoms with Gasteiger partial charge in [-0.3, -0.25) is 0 Å². The molecule has 0 aliphatic rings. The van der Waals surface area contributed by atoms with Gasteiger partial charge in [-0.2, -0.15) is 18.2 Å². The van der Waals surface area contributed by atoms with E-state index in [1.54, 1.807) is 24.5 Å². The number of alkyl halides is 3. The molecule has 0 N–H and O–H groups in total. The van der Waals surface area contributed by atoms with Gasteiger partial charge in [-0.05, 0) is 24.5 Å². The first-order valence-corrected chi connectivity index (χ1v) is 6.36. The Morgan fingerprint density at radius 1 is 1.33 bits per heavy atom. The lowest BCUT2D eigenvalue weighted by Crippen LogP contribution is -2.08. The van der Waals surface area contributed by atoms with E-state index in [1.807, 2.05) is 0 Å². The summed E-state index contributed by atoms with van der Waals surface area (Å²) < 4.78 is 38.7. The quantitative estimate of drug-likeness (QED) is 0.792. The van der Waals surface area contributed by atoms with Crippen LogP contribution in [-0.2, 0) is 6.18 Å². The largest absolute Gasteiger partial charge is 0.453 e. The van der Waals surface area contributed by atoms with Gasteiger partial charge in [-0.1, -0.05) is 29.4 Å². The second-order valence-electron chi connectivity index (χ2n) is 3.31. The number of nitrogens with zero attached hydrogens (tertiary/aromatic N) is 3. The fourth-order valence-corrected chi connectivity index (χ4v) is 2.01. The van der Waals surface area contributed by atoms with Crippen LogP contribution in [0.4, 0.5) is 13.2 Å². The number of halogens is 4. The van der Waals surface area contributed by atoms with Gasteiger partial charge >= 0.3 is 6.18 Å². The first-order valence-electron chi connectivity index (χ1n) is 4.76. The molecule has 0 unspecified atom stereocenters. The molecule has 0 bridgehead atoms. The van der Waals surface area contributed by atoms with E-state index in [0.29, 0.717) is 10.7 Å². The molecular weight excluding hydrogens is 287 g/mol. The molecule has 0 aliphatic heterocycles. The van der Waals surface area contributed by atoms with E-state index < -0.39 is 12.0 Å². The van der Waals surface area contributed by atoms with Crippen LogP contribution in [0.3, 0.4) is 0 Å². The summed E-state index contributed by atoms with van der Waals surface area (Å²) in [6.07, 6.45) is -2.93. The molecule has 8 heteroatoms. The van der Waals surface area contributed by atoms with Crippen molar-refractivity contribution in [1.29, 1.82) is 0 Å². The maximum atomic E-state index is 12.5. The molecule has 1 aromatic heterocycles. The van der Waals surface area contributed by atoms with Crippen molar-refractivity contribution in [2.24, 2.45) is 0 Å². The number of thioether (sulfide) groups is 1. The van der Waals surface area contributed by atoms with Crippen LogP contribution in [-0.4, -0.2) is 21.0 Å². The second kappa shape index (κ2) is 4.81. The second-order valence-corrected chi connectivity index (χ2v) is 4.52. The Morgan fingerprint density at radius 3 is 2.61 bits per heavy atom. The third-order valence-corrected chi connectivity index (χ3v) is 2.93. The lowest BCUT2D eigenvalue weighted by atomic mass is 10.3. The topological polar surface area (TPSA) is 30.7 Å². The molecule has 0 saturated heterocycles. The maximum absolute atomic E-state index is 12.5. The molecule has 0 atom stereocenters. The van der Waals surface area contributed by atoms with Crippen molar-refractivity contribution < 1.29 is 13.2 Å². The Bertz CT molecular complexity index is 568. The van der Waals surface area contributed by atoms with Gasteiger partial charge in [-0.25, -0.2) is 4.68 Å². The predicted octanol–water partition coefficient (Wildman–Crippen LogP) is 3.66. The summed E-state index contributed by atoms with van der Waals surface area (Å²) in [5.41, 5.74) is 0.440. The molecule has 0 spiro atoms. The van der Waals surface area contributed by atoms with Crippen LogP contribution in [0, 0.1) is 0 Å². The van der Waals surface area contributed by atoms with Gasteiger partial charge in [0.2, 0.25) is 0 Å². The molecule has 18 heavy (non-hydrogen) atoms. The Morgan fingerprint density at radius 2 is 2.06 bits per heavy atom. The summed E-state index contributed by atoms with van der Waals surface area (Å²) in [6.45, 7) is 0. The summed E-state index contributed by atoms with van der Waals surface area (Å²) in [5, 5.41) is 4.04. The zero-order valence-electron chi connectivity index (χ0n) is 9.07. The number of hydrogen-bond acceptors (Lipinski definition) is 3. The minimum atomic E-state index is -4.56. The van der Waals surface area contributed by atoms with Crippen LogP contribution in [0.1, 0.15) is 5.82 Å². The van der Waals surface area contributed by atoms with Crippen molar-refractivity contribution >= 4 is 23.4 Å². The van der Waals surface area contributed by atoms with Crippen LogP contribution in [0.15, 0.2) is 29.4 Å². The predicted molar refractivity (Wildman–Crippen MR) is 63.2 cm³/mol. The molecule has 0 amide bonds. The van der Waals surface area contributed by atoms with E-state index in [4.69, 9.17) is 11.6 Å². The van der Waals surface area contributed by atoms with Crippen LogP contribution in [0.25, 0.3) is 5.69 Å². The Balaban J connectivity index is 2.54. The van der Waals surface area contributed by atoms with Gasteiger partial charge in [-0.15, -0.1) is 5.10 Å². The highest BCUT2D eigenvalue weighted by molar-refractivity contribution is 7.98. The van der Waals surface area contributed by atoms with Gasteiger partial charge in [0.05, 0.1) is 5.69 Å². The van der Waals surface area contributed by atoms with Crippen molar-refractivity contribution in [3.05, 3.63) is 35.1 Å². The standard InChI is InChI=1S/C10H7ClF3N3S/c1-18-9-15-8(10(12,13)14)16-17(9)7-4-2-3-6(11)5-7/h2-5H,1H3. The molecule has 3 nitrogen and oxygen atoms in total. The Labute approximate surface area is 110 Å². The van der Waals surface area contributed by atoms with Crippen LogP contribution < -0.4 is 0 Å². The third-order valence-electron chi connectivity index (χ3n) is 2.07. The van der Waals surface area contributed by atoms with Crippen LogP contribution in [0.2, 0.25) is 5.02 Å². The van der Waals surface area contributed by atoms with Crippen molar-refractivity contribution in [3.8, 4) is 5.69 Å². The van der Waals surface area contributed by atoms with E-state index in [9.17, 15) is 13.2 Å². The summed E-state index contributed by atoms with van der Waals surface area (Å²) in [5.74, 6) is -1.16. The fraction of sp³-hybridized carbons (Fsp3) is 0.200. The Hall–Kier alpha value is -1.21. The minimum Gasteiger partial charge on any atom is -0.207 e. The van der Waals surface area contributed by atoms with Crippen molar-refractivity contribution in [2.45, 2.75) is 11.3 Å². The van der Waals surface area contributed by atoms with Crippen LogP contribution in [0.5, 0.6) is 0 Å². The van der Waals surface area contributed by atoms with Gasteiger partial charge in [0.1, 0.15) is 0 Å². The number of rotatable bonds is 2. The molecule has 2 rings (SSSR count). The first kappa shape index (κ1) is 13.2. The van der Waals surface area contributed by atoms with Crippen molar-refractivity contribution in [3.63, 3.8) is 0 Å². The molecule has 0 aliphatic carbocycles. The van der Waals surface area contributed by atoms with Gasteiger partial charge in [0, 0.05) is 5.02 Å². The van der Waals surface area contributed by atoms with Gasteiger partial charge < -0.3 is 0 Å². The minimum absolute atomic E-state index is 0.157. The summed E-state index contributed by atoms with van der Waals surface area (Å²) in [4.78, 5) is 3.45. The van der Waals surface area contributed by atoms with E-state index in [1.165, 1.54) is 6.07 Å². The Kier molecular flexibility index (Phi) is 3.54. The highest BCUT2D eigenvalue weighted by Gasteiger charge is 2.37.